The van der Waals surface area contributed by atoms with Gasteiger partial charge in [-0.3, -0.25) is 29.3 Å². The number of hydrogen-bond donors (Lipinski definition) is 0. The van der Waals surface area contributed by atoms with Crippen LogP contribution in [0.4, 0.5) is 9.59 Å². The maximum atomic E-state index is 13.6. The molecule has 0 saturated carbocycles. The van der Waals surface area contributed by atoms with Gasteiger partial charge in [0.25, 0.3) is 0 Å². The fourth-order valence-corrected chi connectivity index (χ4v) is 15.8. The summed E-state index contributed by atoms with van der Waals surface area (Å²) in [4.78, 5) is 99.7. The Labute approximate surface area is 668 Å². The van der Waals surface area contributed by atoms with Crippen LogP contribution < -0.4 is 18.9 Å². The van der Waals surface area contributed by atoms with Crippen LogP contribution in [0.2, 0.25) is 20.1 Å². The first kappa shape index (κ1) is 79.8. The third kappa shape index (κ3) is 17.2. The summed E-state index contributed by atoms with van der Waals surface area (Å²) in [7, 11) is 6.18. The van der Waals surface area contributed by atoms with E-state index in [0.717, 1.165) is 26.3 Å². The molecule has 4 amide bonds. The van der Waals surface area contributed by atoms with E-state index in [4.69, 9.17) is 99.6 Å². The maximum absolute atomic E-state index is 13.6. The quantitative estimate of drug-likeness (QED) is 0.0680. The number of nitrogens with zero attached hydrogens (tertiary/aromatic N) is 15. The van der Waals surface area contributed by atoms with Crippen LogP contribution in [0, 0.1) is 5.41 Å². The monoisotopic (exact) mass is 1600 g/mol. The number of pyridine rings is 6. The Morgan fingerprint density at radius 2 is 0.964 bits per heavy atom. The van der Waals surface area contributed by atoms with Crippen LogP contribution in [-0.4, -0.2) is 208 Å². The second-order valence-corrected chi connectivity index (χ2v) is 31.7. The van der Waals surface area contributed by atoms with Gasteiger partial charge in [0.05, 0.1) is 104 Å². The zero-order valence-corrected chi connectivity index (χ0v) is 67.4. The summed E-state index contributed by atoms with van der Waals surface area (Å²) in [6, 6.07) is 25.7. The lowest BCUT2D eigenvalue weighted by Crippen LogP contribution is -2.65. The van der Waals surface area contributed by atoms with Crippen molar-refractivity contribution in [3.8, 4) is 90.5 Å². The van der Waals surface area contributed by atoms with E-state index in [-0.39, 0.29) is 42.8 Å². The molecule has 10 aromatic rings. The minimum Gasteiger partial charge on any atom is -0.493 e. The van der Waals surface area contributed by atoms with Gasteiger partial charge in [0.1, 0.15) is 11.2 Å². The van der Waals surface area contributed by atoms with Crippen molar-refractivity contribution < 1.29 is 57.1 Å². The number of carbonyl (C=O) groups is 5. The van der Waals surface area contributed by atoms with Crippen molar-refractivity contribution in [3.63, 3.8) is 0 Å². The number of fused-ring (bicyclic) bond motifs is 2. The standard InChI is InChI=1S/C43H48Cl2N8O6.C38H39Cl2N7O6/c1-26(54)51-16-13-29(14-17-51)52(41(55)59-42(2,3)4)19-27-10-11-33(47-40(27)57-6)32-9-7-8-30(36(32)44)31-12-15-46-38(37(31)45)28-18-34(56-5)39-48-35(49-53(39)20-28)21-50-22-43(23-50)24-58-25-43;1-22(49)45-16-13-25(14-17-45)46(37(50)53-38(2,3)4)19-23-10-11-29(42-36(23)52-6)28-9-7-8-26(32(28)39)27-12-15-41-34(33(27)40)24-18-30(51-5)35-43-31(21-48)44-47(35)20-24/h7-12,15,18,20,29H,13-14,16-17,19,21-25H2,1-6H3;7-12,15,18,20-21,25H,13-14,16-17,19H2,1-6H3. The predicted molar refractivity (Wildman–Crippen MR) is 424 cm³/mol. The summed E-state index contributed by atoms with van der Waals surface area (Å²) < 4.78 is 43.1. The molecule has 4 aliphatic heterocycles. The molecule has 586 valence electrons. The number of carbonyl (C=O) groups excluding carboxylic acids is 5. The number of methoxy groups -OCH3 is 4. The molecule has 0 aliphatic carbocycles. The van der Waals surface area contributed by atoms with Gasteiger partial charge >= 0.3 is 12.2 Å². The Morgan fingerprint density at radius 1 is 0.545 bits per heavy atom. The fraction of sp³-hybridized carbons (Fsp3) is 0.395. The molecule has 2 aromatic carbocycles. The van der Waals surface area contributed by atoms with E-state index in [2.05, 4.69) is 25.0 Å². The zero-order valence-electron chi connectivity index (χ0n) is 64.3. The van der Waals surface area contributed by atoms with Crippen molar-refractivity contribution in [2.75, 3.05) is 80.9 Å². The van der Waals surface area contributed by atoms with E-state index in [9.17, 15) is 24.0 Å². The first-order chi connectivity index (χ1) is 53.6. The highest BCUT2D eigenvalue weighted by Gasteiger charge is 2.49. The van der Waals surface area contributed by atoms with Crippen molar-refractivity contribution >= 4 is 88.0 Å². The average Bonchev–Trinajstić information content (AvgIpc) is 1.61. The molecule has 0 radical (unpaired) electrons. The van der Waals surface area contributed by atoms with Gasteiger partial charge in [-0.1, -0.05) is 82.8 Å². The first-order valence-electron chi connectivity index (χ1n) is 36.7. The highest BCUT2D eigenvalue weighted by Crippen LogP contribution is 2.46. The van der Waals surface area contributed by atoms with Gasteiger partial charge in [0.2, 0.25) is 29.4 Å². The van der Waals surface area contributed by atoms with Gasteiger partial charge in [-0.2, -0.15) is 0 Å². The molecule has 8 aromatic heterocycles. The van der Waals surface area contributed by atoms with E-state index in [1.807, 2.05) is 121 Å². The predicted octanol–water partition coefficient (Wildman–Crippen LogP) is 14.8. The molecule has 4 aliphatic rings. The molecule has 31 heteroatoms. The van der Waals surface area contributed by atoms with Crippen LogP contribution in [0.5, 0.6) is 23.3 Å². The van der Waals surface area contributed by atoms with Crippen molar-refractivity contribution in [3.05, 3.63) is 153 Å². The molecule has 0 unspecified atom stereocenters. The number of hydrogen-bond acceptors (Lipinski definition) is 21. The fourth-order valence-electron chi connectivity index (χ4n) is 14.5. The number of amides is 4. The van der Waals surface area contributed by atoms with Crippen LogP contribution >= 0.6 is 46.4 Å². The second-order valence-electron chi connectivity index (χ2n) is 30.2. The summed E-state index contributed by atoms with van der Waals surface area (Å²) in [6.45, 7) is 21.0. The molecule has 1 spiro atoms. The second kappa shape index (κ2) is 33.2. The molecular formula is C81H87Cl4N15O12. The lowest BCUT2D eigenvalue weighted by Gasteiger charge is -2.54. The third-order valence-electron chi connectivity index (χ3n) is 20.1. The number of piperidine rings is 2. The molecule has 4 fully saturated rings. The molecule has 0 N–H and O–H groups in total. The van der Waals surface area contributed by atoms with Crippen molar-refractivity contribution in [2.24, 2.45) is 5.41 Å². The minimum absolute atomic E-state index is 0.0157. The molecule has 0 atom stereocenters. The van der Waals surface area contributed by atoms with E-state index in [1.165, 1.54) is 18.7 Å². The van der Waals surface area contributed by atoms with Crippen molar-refractivity contribution in [1.82, 2.24) is 73.6 Å². The number of likely N-dealkylation sites (tertiary alicyclic amines) is 3. The maximum Gasteiger partial charge on any atom is 0.410 e. The summed E-state index contributed by atoms with van der Waals surface area (Å²) in [5.74, 6) is 2.39. The Balaban J connectivity index is 0.000000197. The minimum atomic E-state index is -0.694. The van der Waals surface area contributed by atoms with Crippen LogP contribution in [0.15, 0.2) is 110 Å². The third-order valence-corrected chi connectivity index (χ3v) is 21.6. The Hall–Kier alpha value is -10.3. The summed E-state index contributed by atoms with van der Waals surface area (Å²) >= 11 is 28.6. The first-order valence-corrected chi connectivity index (χ1v) is 38.2. The molecule has 14 rings (SSSR count). The number of ether oxygens (including phenoxy) is 7. The zero-order chi connectivity index (χ0) is 79.7. The lowest BCUT2D eigenvalue weighted by molar-refractivity contribution is -0.191. The summed E-state index contributed by atoms with van der Waals surface area (Å²) in [6.07, 6.45) is 9.06. The van der Waals surface area contributed by atoms with Crippen molar-refractivity contribution in [2.45, 2.75) is 124 Å². The molecule has 0 bridgehead atoms. The number of halogens is 4. The van der Waals surface area contributed by atoms with E-state index in [1.54, 1.807) is 82.9 Å². The molecule has 112 heavy (non-hydrogen) atoms. The molecule has 27 nitrogen and oxygen atoms in total. The SMILES string of the molecule is COc1nc(-c2cccc(-c3ccnc(-c4cc(OC)c5nc(C=O)nn5c4)c3Cl)c2Cl)ccc1CN(C(=O)OC(C)(C)C)C1CCN(C(C)=O)CC1.COc1nc(-c2cccc(-c3ccnc(-c4cc(OC)c5nc(CN6CC7(COC7)C6)nn5c4)c3Cl)c2Cl)ccc1CN(C(=O)OC(C)(C)C)C1CCN(C(C)=O)CC1. The Morgan fingerprint density at radius 3 is 1.36 bits per heavy atom. The van der Waals surface area contributed by atoms with Gasteiger partial charge in [0, 0.05) is 151 Å². The Bertz CT molecular complexity index is 5230. The van der Waals surface area contributed by atoms with Crippen LogP contribution in [0.25, 0.3) is 78.6 Å². The highest BCUT2D eigenvalue weighted by atomic mass is 35.5. The van der Waals surface area contributed by atoms with Gasteiger partial charge in [-0.15, -0.1) is 10.2 Å². The van der Waals surface area contributed by atoms with E-state index < -0.39 is 23.4 Å². The smallest absolute Gasteiger partial charge is 0.410 e. The summed E-state index contributed by atoms with van der Waals surface area (Å²) in [5.41, 5.74) is 8.63. The highest BCUT2D eigenvalue weighted by molar-refractivity contribution is 6.40. The molecular weight excluding hydrogens is 1520 g/mol. The Kier molecular flexibility index (Phi) is 23.6. The average molecular weight is 1600 g/mol. The summed E-state index contributed by atoms with van der Waals surface area (Å²) in [5, 5.41) is 10.6. The van der Waals surface area contributed by atoms with Crippen LogP contribution in [0.1, 0.15) is 109 Å². The lowest BCUT2D eigenvalue weighted by atomic mass is 9.78. The van der Waals surface area contributed by atoms with Gasteiger partial charge < -0.3 is 52.8 Å². The van der Waals surface area contributed by atoms with Crippen molar-refractivity contribution in [1.29, 1.82) is 0 Å². The number of aromatic nitrogens is 10. The molecule has 4 saturated heterocycles. The topological polar surface area (TPSA) is 278 Å². The van der Waals surface area contributed by atoms with E-state index >= 15 is 0 Å². The molecule has 12 heterocycles. The van der Waals surface area contributed by atoms with Gasteiger partial charge in [-0.05, 0) is 116 Å². The number of aldehydes is 1. The normalized spacial score (nSPS) is 15.2. The van der Waals surface area contributed by atoms with Gasteiger partial charge in [-0.25, -0.2) is 38.6 Å². The van der Waals surface area contributed by atoms with Crippen LogP contribution in [0.3, 0.4) is 0 Å². The van der Waals surface area contributed by atoms with Crippen LogP contribution in [-0.2, 0) is 43.4 Å². The number of rotatable bonds is 19. The van der Waals surface area contributed by atoms with E-state index in [0.29, 0.717) is 209 Å². The largest absolute Gasteiger partial charge is 0.493 e. The van der Waals surface area contributed by atoms with Gasteiger partial charge in [0.15, 0.2) is 34.9 Å². The number of benzene rings is 2.